The van der Waals surface area contributed by atoms with E-state index < -0.39 is 6.04 Å². The predicted octanol–water partition coefficient (Wildman–Crippen LogP) is 2.59. The lowest BCUT2D eigenvalue weighted by atomic mass is 10.1. The van der Waals surface area contributed by atoms with Gasteiger partial charge in [0.2, 0.25) is 5.91 Å². The Kier molecular flexibility index (Phi) is 6.73. The minimum Gasteiger partial charge on any atom is -0.352 e. The lowest BCUT2D eigenvalue weighted by Gasteiger charge is -2.24. The largest absolute Gasteiger partial charge is 0.352 e. The van der Waals surface area contributed by atoms with Crippen LogP contribution in [-0.2, 0) is 4.79 Å². The summed E-state index contributed by atoms with van der Waals surface area (Å²) in [7, 11) is 3.97. The highest BCUT2D eigenvalue weighted by molar-refractivity contribution is 7.10. The van der Waals surface area contributed by atoms with Crippen molar-refractivity contribution in [2.45, 2.75) is 25.9 Å². The van der Waals surface area contributed by atoms with Crippen LogP contribution in [0.1, 0.15) is 33.8 Å². The summed E-state index contributed by atoms with van der Waals surface area (Å²) in [6.45, 7) is 4.12. The van der Waals surface area contributed by atoms with Crippen molar-refractivity contribution in [2.24, 2.45) is 0 Å². The van der Waals surface area contributed by atoms with Crippen LogP contribution < -0.4 is 10.6 Å². The van der Waals surface area contributed by atoms with Crippen LogP contribution in [0.5, 0.6) is 0 Å². The molecule has 25 heavy (non-hydrogen) atoms. The zero-order valence-corrected chi connectivity index (χ0v) is 15.9. The molecule has 6 heteroatoms. The molecule has 2 rings (SSSR count). The smallest absolute Gasteiger partial charge is 0.251 e. The van der Waals surface area contributed by atoms with Gasteiger partial charge in [0.15, 0.2) is 0 Å². The second-order valence-electron chi connectivity index (χ2n) is 6.30. The minimum absolute atomic E-state index is 0.114. The summed E-state index contributed by atoms with van der Waals surface area (Å²) in [5.41, 5.74) is 1.57. The molecule has 5 nitrogen and oxygen atoms in total. The molecule has 0 saturated heterocycles. The van der Waals surface area contributed by atoms with E-state index in [9.17, 15) is 9.59 Å². The lowest BCUT2D eigenvalue weighted by molar-refractivity contribution is -0.122. The number of nitrogens with zero attached hydrogens (tertiary/aromatic N) is 1. The van der Waals surface area contributed by atoms with Crippen LogP contribution in [0.3, 0.4) is 0 Å². The molecule has 2 amide bonds. The molecule has 2 atom stereocenters. The van der Waals surface area contributed by atoms with Gasteiger partial charge in [-0.3, -0.25) is 9.59 Å². The van der Waals surface area contributed by atoms with Crippen LogP contribution in [0.15, 0.2) is 41.8 Å². The Bertz CT molecular complexity index is 713. The van der Waals surface area contributed by atoms with E-state index in [1.165, 1.54) is 4.88 Å². The van der Waals surface area contributed by atoms with Gasteiger partial charge in [-0.25, -0.2) is 0 Å². The van der Waals surface area contributed by atoms with E-state index in [-0.39, 0.29) is 17.9 Å². The molecule has 2 aromatic rings. The van der Waals surface area contributed by atoms with E-state index in [1.54, 1.807) is 30.4 Å². The summed E-state index contributed by atoms with van der Waals surface area (Å²) in [5.74, 6) is -0.432. The second kappa shape index (κ2) is 8.78. The fourth-order valence-corrected chi connectivity index (χ4v) is 3.42. The van der Waals surface area contributed by atoms with Crippen molar-refractivity contribution in [3.05, 3.63) is 57.8 Å². The molecule has 1 aromatic heterocycles. The minimum atomic E-state index is -0.598. The fraction of sp³-hybridized carbons (Fsp3) is 0.368. The highest BCUT2D eigenvalue weighted by Crippen LogP contribution is 2.22. The molecule has 134 valence electrons. The van der Waals surface area contributed by atoms with E-state index in [1.807, 2.05) is 44.6 Å². The lowest BCUT2D eigenvalue weighted by Crippen LogP contribution is -2.46. The number of thiophene rings is 1. The maximum Gasteiger partial charge on any atom is 0.251 e. The zero-order valence-electron chi connectivity index (χ0n) is 15.1. The Morgan fingerprint density at radius 1 is 1.20 bits per heavy atom. The quantitative estimate of drug-likeness (QED) is 0.799. The van der Waals surface area contributed by atoms with Crippen molar-refractivity contribution >= 4 is 23.2 Å². The van der Waals surface area contributed by atoms with Gasteiger partial charge >= 0.3 is 0 Å². The van der Waals surface area contributed by atoms with Crippen molar-refractivity contribution in [1.29, 1.82) is 0 Å². The first kappa shape index (κ1) is 19.1. The van der Waals surface area contributed by atoms with E-state index in [0.29, 0.717) is 12.1 Å². The van der Waals surface area contributed by atoms with Gasteiger partial charge in [-0.05, 0) is 51.5 Å². The van der Waals surface area contributed by atoms with Gasteiger partial charge in [0, 0.05) is 17.0 Å². The summed E-state index contributed by atoms with van der Waals surface area (Å²) < 4.78 is 0. The molecule has 0 bridgehead atoms. The van der Waals surface area contributed by atoms with Crippen molar-refractivity contribution in [3.8, 4) is 0 Å². The highest BCUT2D eigenvalue weighted by atomic mass is 32.1. The molecule has 2 N–H and O–H groups in total. The molecule has 0 aliphatic carbocycles. The Balaban J connectivity index is 1.90. The zero-order chi connectivity index (χ0) is 18.4. The third kappa shape index (κ3) is 5.41. The predicted molar refractivity (Wildman–Crippen MR) is 102 cm³/mol. The molecule has 0 radical (unpaired) electrons. The first-order valence-electron chi connectivity index (χ1n) is 8.23. The van der Waals surface area contributed by atoms with Crippen molar-refractivity contribution in [3.63, 3.8) is 0 Å². The number of likely N-dealkylation sites (N-methyl/N-ethyl adjacent to an activating group) is 1. The standard InChI is InChI=1S/C19H25N3O2S/c1-13-7-5-8-15(11-13)19(24)21-14(2)18(23)20-12-16(22(3)4)17-9-6-10-25-17/h5-11,14,16H,12H2,1-4H3,(H,20,23)(H,21,24). The molecular weight excluding hydrogens is 334 g/mol. The van der Waals surface area contributed by atoms with E-state index in [4.69, 9.17) is 0 Å². The van der Waals surface area contributed by atoms with Crippen LogP contribution in [0.25, 0.3) is 0 Å². The SMILES string of the molecule is Cc1cccc(C(=O)NC(C)C(=O)NCC(c2cccs2)N(C)C)c1. The maximum absolute atomic E-state index is 12.3. The number of nitrogens with one attached hydrogen (secondary N) is 2. The van der Waals surface area contributed by atoms with Gasteiger partial charge < -0.3 is 15.5 Å². The number of carbonyl (C=O) groups excluding carboxylic acids is 2. The first-order valence-corrected chi connectivity index (χ1v) is 9.11. The number of rotatable bonds is 7. The molecule has 0 spiro atoms. The van der Waals surface area contributed by atoms with E-state index >= 15 is 0 Å². The maximum atomic E-state index is 12.3. The summed E-state index contributed by atoms with van der Waals surface area (Å²) in [6.07, 6.45) is 0. The number of benzene rings is 1. The molecule has 1 heterocycles. The molecule has 0 aliphatic rings. The van der Waals surface area contributed by atoms with Crippen LogP contribution in [0, 0.1) is 6.92 Å². The molecule has 0 saturated carbocycles. The Morgan fingerprint density at radius 3 is 2.56 bits per heavy atom. The Hall–Kier alpha value is -2.18. The molecule has 0 aliphatic heterocycles. The molecule has 1 aromatic carbocycles. The number of carbonyl (C=O) groups is 2. The third-order valence-corrected chi connectivity index (χ3v) is 4.96. The average molecular weight is 359 g/mol. The topological polar surface area (TPSA) is 61.4 Å². The van der Waals surface area contributed by atoms with Crippen LogP contribution in [0.2, 0.25) is 0 Å². The average Bonchev–Trinajstić information content (AvgIpc) is 3.08. The molecular formula is C19H25N3O2S. The van der Waals surface area contributed by atoms with E-state index in [0.717, 1.165) is 5.56 Å². The van der Waals surface area contributed by atoms with E-state index in [2.05, 4.69) is 21.6 Å². The normalized spacial score (nSPS) is 13.3. The number of amides is 2. The molecule has 2 unspecified atom stereocenters. The first-order chi connectivity index (χ1) is 11.9. The van der Waals surface area contributed by atoms with Crippen molar-refractivity contribution in [1.82, 2.24) is 15.5 Å². The number of hydrogen-bond donors (Lipinski definition) is 2. The summed E-state index contributed by atoms with van der Waals surface area (Å²) in [6, 6.07) is 10.9. The van der Waals surface area contributed by atoms with Gasteiger partial charge in [-0.15, -0.1) is 11.3 Å². The van der Waals surface area contributed by atoms with Crippen LogP contribution in [-0.4, -0.2) is 43.4 Å². The van der Waals surface area contributed by atoms with Crippen LogP contribution in [0.4, 0.5) is 0 Å². The Labute approximate surface area is 153 Å². The number of hydrogen-bond acceptors (Lipinski definition) is 4. The van der Waals surface area contributed by atoms with Gasteiger partial charge in [-0.2, -0.15) is 0 Å². The summed E-state index contributed by atoms with van der Waals surface area (Å²) in [4.78, 5) is 27.8. The Morgan fingerprint density at radius 2 is 1.96 bits per heavy atom. The second-order valence-corrected chi connectivity index (χ2v) is 7.28. The van der Waals surface area contributed by atoms with Gasteiger partial charge in [-0.1, -0.05) is 23.8 Å². The van der Waals surface area contributed by atoms with Gasteiger partial charge in [0.1, 0.15) is 6.04 Å². The summed E-state index contributed by atoms with van der Waals surface area (Å²) >= 11 is 1.67. The van der Waals surface area contributed by atoms with Gasteiger partial charge in [0.25, 0.3) is 5.91 Å². The van der Waals surface area contributed by atoms with Crippen molar-refractivity contribution < 1.29 is 9.59 Å². The third-order valence-electron chi connectivity index (χ3n) is 3.99. The molecule has 0 fully saturated rings. The van der Waals surface area contributed by atoms with Crippen molar-refractivity contribution in [2.75, 3.05) is 20.6 Å². The number of aryl methyl sites for hydroxylation is 1. The summed E-state index contributed by atoms with van der Waals surface area (Å²) in [5, 5.41) is 7.71. The van der Waals surface area contributed by atoms with Crippen LogP contribution >= 0.6 is 11.3 Å². The van der Waals surface area contributed by atoms with Gasteiger partial charge in [0.05, 0.1) is 6.04 Å². The fourth-order valence-electron chi connectivity index (χ4n) is 2.50. The highest BCUT2D eigenvalue weighted by Gasteiger charge is 2.20. The monoisotopic (exact) mass is 359 g/mol.